The van der Waals surface area contributed by atoms with Gasteiger partial charge in [0.25, 0.3) is 0 Å². The van der Waals surface area contributed by atoms with E-state index >= 15 is 0 Å². The maximum atomic E-state index is 13.8. The molecule has 0 saturated carbocycles. The minimum absolute atomic E-state index is 0.0813. The lowest BCUT2D eigenvalue weighted by molar-refractivity contribution is 0.316. The number of likely N-dealkylation sites (N-methyl/N-ethyl adjacent to an activating group) is 2. The van der Waals surface area contributed by atoms with Crippen molar-refractivity contribution in [1.82, 2.24) is 9.21 Å². The number of likely N-dealkylation sites (tertiary alicyclic amines) is 1. The molecule has 4 nitrogen and oxygen atoms in total. The van der Waals surface area contributed by atoms with E-state index in [9.17, 15) is 12.8 Å². The summed E-state index contributed by atoms with van der Waals surface area (Å²) >= 11 is 5.86. The summed E-state index contributed by atoms with van der Waals surface area (Å²) in [6.07, 6.45) is 0.746. The average molecular weight is 321 g/mol. The fourth-order valence-electron chi connectivity index (χ4n) is 2.47. The molecule has 0 unspecified atom stereocenters. The average Bonchev–Trinajstić information content (AvgIpc) is 2.85. The monoisotopic (exact) mass is 320 g/mol. The predicted molar refractivity (Wildman–Crippen MR) is 76.9 cm³/mol. The van der Waals surface area contributed by atoms with E-state index in [0.29, 0.717) is 6.54 Å². The Hall–Kier alpha value is -0.690. The van der Waals surface area contributed by atoms with E-state index in [2.05, 4.69) is 4.90 Å². The van der Waals surface area contributed by atoms with Gasteiger partial charge in [0.1, 0.15) is 10.7 Å². The highest BCUT2D eigenvalue weighted by molar-refractivity contribution is 7.89. The van der Waals surface area contributed by atoms with Crippen molar-refractivity contribution in [2.75, 3.05) is 26.7 Å². The van der Waals surface area contributed by atoms with Crippen LogP contribution in [0.2, 0.25) is 5.02 Å². The molecule has 0 spiro atoms. The molecule has 0 amide bonds. The zero-order valence-corrected chi connectivity index (χ0v) is 13.1. The van der Waals surface area contributed by atoms with E-state index in [1.807, 2.05) is 6.92 Å². The molecule has 1 fully saturated rings. The summed E-state index contributed by atoms with van der Waals surface area (Å²) in [5.41, 5.74) is 0. The van der Waals surface area contributed by atoms with Crippen LogP contribution in [-0.2, 0) is 10.0 Å². The Balaban J connectivity index is 2.31. The van der Waals surface area contributed by atoms with Crippen LogP contribution in [0.25, 0.3) is 0 Å². The zero-order chi connectivity index (χ0) is 14.9. The van der Waals surface area contributed by atoms with Crippen LogP contribution in [0, 0.1) is 5.82 Å². The fourth-order valence-corrected chi connectivity index (χ4v) is 4.40. The second kappa shape index (κ2) is 5.97. The molecule has 112 valence electrons. The third kappa shape index (κ3) is 2.83. The van der Waals surface area contributed by atoms with Crippen LogP contribution in [0.15, 0.2) is 23.1 Å². The Morgan fingerprint density at radius 1 is 1.50 bits per heavy atom. The number of nitrogens with zero attached hydrogens (tertiary/aromatic N) is 2. The molecule has 0 N–H and O–H groups in total. The van der Waals surface area contributed by atoms with E-state index in [1.165, 1.54) is 23.5 Å². The van der Waals surface area contributed by atoms with Crippen molar-refractivity contribution in [2.45, 2.75) is 24.3 Å². The zero-order valence-electron chi connectivity index (χ0n) is 11.5. The molecule has 1 aromatic rings. The maximum Gasteiger partial charge on any atom is 0.247 e. The molecular weight excluding hydrogens is 303 g/mol. The molecule has 20 heavy (non-hydrogen) atoms. The Bertz CT molecular complexity index is 574. The molecule has 1 saturated heterocycles. The molecular formula is C13H18ClFN2O2S. The van der Waals surface area contributed by atoms with Crippen molar-refractivity contribution in [1.29, 1.82) is 0 Å². The Labute approximate surface area is 124 Å². The first-order valence-electron chi connectivity index (χ1n) is 6.52. The lowest BCUT2D eigenvalue weighted by Gasteiger charge is -2.24. The van der Waals surface area contributed by atoms with E-state index in [0.717, 1.165) is 25.6 Å². The number of benzene rings is 1. The van der Waals surface area contributed by atoms with Crippen molar-refractivity contribution in [3.05, 3.63) is 29.0 Å². The predicted octanol–water partition coefficient (Wildman–Crippen LogP) is 2.19. The molecule has 2 rings (SSSR count). The highest BCUT2D eigenvalue weighted by atomic mass is 35.5. The van der Waals surface area contributed by atoms with Gasteiger partial charge >= 0.3 is 0 Å². The van der Waals surface area contributed by atoms with Crippen molar-refractivity contribution < 1.29 is 12.8 Å². The summed E-state index contributed by atoms with van der Waals surface area (Å²) in [6.45, 7) is 4.43. The summed E-state index contributed by atoms with van der Waals surface area (Å²) in [6, 6.07) is 3.75. The summed E-state index contributed by atoms with van der Waals surface area (Å²) in [4.78, 5) is 1.73. The van der Waals surface area contributed by atoms with Crippen LogP contribution in [0.3, 0.4) is 0 Å². The Morgan fingerprint density at radius 2 is 2.20 bits per heavy atom. The van der Waals surface area contributed by atoms with Gasteiger partial charge in [0, 0.05) is 19.6 Å². The lowest BCUT2D eigenvalue weighted by atomic mass is 10.3. The Kier molecular flexibility index (Phi) is 4.69. The molecule has 1 atom stereocenters. The van der Waals surface area contributed by atoms with Gasteiger partial charge in [0.15, 0.2) is 0 Å². The van der Waals surface area contributed by atoms with Crippen molar-refractivity contribution in [3.63, 3.8) is 0 Å². The summed E-state index contributed by atoms with van der Waals surface area (Å²) < 4.78 is 40.2. The number of rotatable bonds is 4. The van der Waals surface area contributed by atoms with Crippen molar-refractivity contribution in [2.24, 2.45) is 0 Å². The fraction of sp³-hybridized carbons (Fsp3) is 0.538. The van der Waals surface area contributed by atoms with Gasteiger partial charge in [0.05, 0.1) is 5.02 Å². The van der Waals surface area contributed by atoms with Gasteiger partial charge in [-0.1, -0.05) is 24.6 Å². The molecule has 0 aliphatic carbocycles. The van der Waals surface area contributed by atoms with E-state index in [4.69, 9.17) is 11.6 Å². The quantitative estimate of drug-likeness (QED) is 0.854. The minimum atomic E-state index is -3.92. The minimum Gasteiger partial charge on any atom is -0.302 e. The highest BCUT2D eigenvalue weighted by Gasteiger charge is 2.35. The van der Waals surface area contributed by atoms with E-state index in [-0.39, 0.29) is 11.1 Å². The van der Waals surface area contributed by atoms with Gasteiger partial charge in [-0.25, -0.2) is 12.8 Å². The van der Waals surface area contributed by atoms with E-state index < -0.39 is 20.7 Å². The molecule has 0 radical (unpaired) electrons. The molecule has 1 aliphatic rings. The van der Waals surface area contributed by atoms with Gasteiger partial charge in [-0.2, -0.15) is 4.31 Å². The molecule has 0 bridgehead atoms. The first-order chi connectivity index (χ1) is 9.37. The molecule has 1 aromatic carbocycles. The molecule has 1 aliphatic heterocycles. The van der Waals surface area contributed by atoms with Gasteiger partial charge in [-0.3, -0.25) is 0 Å². The van der Waals surface area contributed by atoms with Gasteiger partial charge in [-0.05, 0) is 31.6 Å². The van der Waals surface area contributed by atoms with Crippen LogP contribution >= 0.6 is 11.6 Å². The number of sulfonamides is 1. The summed E-state index contributed by atoms with van der Waals surface area (Å²) in [5.74, 6) is -0.810. The topological polar surface area (TPSA) is 40.6 Å². The largest absolute Gasteiger partial charge is 0.302 e. The van der Waals surface area contributed by atoms with Crippen LogP contribution in [0.1, 0.15) is 13.3 Å². The lowest BCUT2D eigenvalue weighted by Crippen LogP contribution is -2.39. The second-order valence-electron chi connectivity index (χ2n) is 4.91. The third-order valence-corrected chi connectivity index (χ3v) is 6.18. The Morgan fingerprint density at radius 3 is 2.75 bits per heavy atom. The first kappa shape index (κ1) is 15.7. The number of hydrogen-bond acceptors (Lipinski definition) is 3. The van der Waals surface area contributed by atoms with Crippen LogP contribution in [0.4, 0.5) is 4.39 Å². The van der Waals surface area contributed by atoms with Crippen molar-refractivity contribution >= 4 is 21.6 Å². The van der Waals surface area contributed by atoms with Crippen LogP contribution < -0.4 is 0 Å². The van der Waals surface area contributed by atoms with Gasteiger partial charge in [-0.15, -0.1) is 0 Å². The normalized spacial score (nSPS) is 20.8. The molecule has 7 heteroatoms. The van der Waals surface area contributed by atoms with Crippen LogP contribution in [0.5, 0.6) is 0 Å². The summed E-state index contributed by atoms with van der Waals surface area (Å²) in [7, 11) is -2.43. The second-order valence-corrected chi connectivity index (χ2v) is 7.25. The maximum absolute atomic E-state index is 13.8. The van der Waals surface area contributed by atoms with Crippen LogP contribution in [-0.4, -0.2) is 50.3 Å². The molecule has 1 heterocycles. The number of halogens is 2. The van der Waals surface area contributed by atoms with Gasteiger partial charge < -0.3 is 4.90 Å². The molecule has 0 aromatic heterocycles. The SMILES string of the molecule is CCN1CC[C@H](N(C)S(=O)(=O)c2c(F)cccc2Cl)C1. The third-order valence-electron chi connectivity index (χ3n) is 3.76. The summed E-state index contributed by atoms with van der Waals surface area (Å²) in [5, 5.41) is -0.0813. The van der Waals surface area contributed by atoms with Crippen molar-refractivity contribution in [3.8, 4) is 0 Å². The highest BCUT2D eigenvalue weighted by Crippen LogP contribution is 2.29. The standard InChI is InChI=1S/C13H18ClFN2O2S/c1-3-17-8-7-10(9-17)16(2)20(18,19)13-11(14)5-4-6-12(13)15/h4-6,10H,3,7-9H2,1-2H3/t10-/m0/s1. The first-order valence-corrected chi connectivity index (χ1v) is 8.34. The number of hydrogen-bond donors (Lipinski definition) is 0. The smallest absolute Gasteiger partial charge is 0.247 e. The van der Waals surface area contributed by atoms with E-state index in [1.54, 1.807) is 0 Å². The van der Waals surface area contributed by atoms with Gasteiger partial charge in [0.2, 0.25) is 10.0 Å².